The number of nitrogens with zero attached hydrogens (tertiary/aromatic N) is 2. The van der Waals surface area contributed by atoms with E-state index in [0.717, 1.165) is 55.5 Å². The summed E-state index contributed by atoms with van der Waals surface area (Å²) in [7, 11) is 0. The average molecular weight is 461 g/mol. The van der Waals surface area contributed by atoms with Crippen LogP contribution in [0.1, 0.15) is 52.7 Å². The molecule has 0 radical (unpaired) electrons. The molecule has 4 nitrogen and oxygen atoms in total. The van der Waals surface area contributed by atoms with Gasteiger partial charge in [0.05, 0.1) is 12.2 Å². The van der Waals surface area contributed by atoms with E-state index >= 15 is 0 Å². The number of piperidine rings is 1. The van der Waals surface area contributed by atoms with Gasteiger partial charge in [-0.3, -0.25) is 9.69 Å². The number of carbonyl (C=O) groups is 1. The first-order valence-electron chi connectivity index (χ1n) is 11.6. The van der Waals surface area contributed by atoms with Gasteiger partial charge in [0.2, 0.25) is 0 Å². The van der Waals surface area contributed by atoms with Crippen molar-refractivity contribution in [3.05, 3.63) is 58.7 Å². The van der Waals surface area contributed by atoms with E-state index in [2.05, 4.69) is 4.90 Å². The van der Waals surface area contributed by atoms with Gasteiger partial charge >= 0.3 is 6.18 Å². The van der Waals surface area contributed by atoms with Crippen molar-refractivity contribution in [3.8, 4) is 11.1 Å². The predicted molar refractivity (Wildman–Crippen MR) is 122 cm³/mol. The molecule has 0 spiro atoms. The summed E-state index contributed by atoms with van der Waals surface area (Å²) in [6.07, 6.45) is -0.465. The molecule has 0 saturated carbocycles. The quantitative estimate of drug-likeness (QED) is 0.695. The number of benzene rings is 2. The first-order valence-corrected chi connectivity index (χ1v) is 11.6. The van der Waals surface area contributed by atoms with Gasteiger partial charge in [-0.15, -0.1) is 0 Å². The minimum absolute atomic E-state index is 0.0147. The van der Waals surface area contributed by atoms with Crippen molar-refractivity contribution in [2.24, 2.45) is 0 Å². The monoisotopic (exact) mass is 460 g/mol. The Bertz CT molecular complexity index is 990. The SMILES string of the molecule is Cc1cc(-c2cccc(C(F)(F)F)c2)cc(C)c1C(=O)N1CCC(N2CCCC2CO)CC1. The predicted octanol–water partition coefficient (Wildman–Crippen LogP) is 5.05. The number of aryl methyl sites for hydroxylation is 2. The molecule has 1 amide bonds. The standard InChI is InChI=1S/C26H31F3N2O2/c1-17-13-20(19-5-3-6-21(15-19)26(27,28)29)14-18(2)24(17)25(33)30-11-8-22(9-12-30)31-10-4-7-23(31)16-32/h3,5-6,13-15,22-23,32H,4,7-12,16H2,1-2H3. The summed E-state index contributed by atoms with van der Waals surface area (Å²) < 4.78 is 39.4. The first-order chi connectivity index (χ1) is 15.7. The lowest BCUT2D eigenvalue weighted by atomic mass is 9.93. The Kier molecular flexibility index (Phi) is 6.82. The molecule has 1 unspecified atom stereocenters. The first kappa shape index (κ1) is 23.8. The molecule has 2 aliphatic heterocycles. The number of hydrogen-bond donors (Lipinski definition) is 1. The van der Waals surface area contributed by atoms with Crippen molar-refractivity contribution >= 4 is 5.91 Å². The Balaban J connectivity index is 1.49. The van der Waals surface area contributed by atoms with Gasteiger partial charge in [-0.25, -0.2) is 0 Å². The highest BCUT2D eigenvalue weighted by Gasteiger charge is 2.34. The van der Waals surface area contributed by atoms with E-state index < -0.39 is 11.7 Å². The molecular weight excluding hydrogens is 429 g/mol. The number of amides is 1. The zero-order valence-corrected chi connectivity index (χ0v) is 19.2. The van der Waals surface area contributed by atoms with Gasteiger partial charge in [-0.1, -0.05) is 24.3 Å². The van der Waals surface area contributed by atoms with E-state index in [0.29, 0.717) is 35.8 Å². The van der Waals surface area contributed by atoms with Crippen molar-refractivity contribution in [1.29, 1.82) is 0 Å². The summed E-state index contributed by atoms with van der Waals surface area (Å²) in [6.45, 7) is 6.24. The number of carbonyl (C=O) groups excluding carboxylic acids is 1. The molecule has 2 saturated heterocycles. The van der Waals surface area contributed by atoms with Crippen LogP contribution in [0.3, 0.4) is 0 Å². The highest BCUT2D eigenvalue weighted by molar-refractivity contribution is 5.98. The van der Waals surface area contributed by atoms with Crippen LogP contribution >= 0.6 is 0 Å². The number of aliphatic hydroxyl groups is 1. The van der Waals surface area contributed by atoms with Crippen LogP contribution in [0.15, 0.2) is 36.4 Å². The third kappa shape index (κ3) is 4.94. The fourth-order valence-electron chi connectivity index (χ4n) is 5.44. The normalized spacial score (nSPS) is 20.4. The van der Waals surface area contributed by atoms with Gasteiger partial charge in [-0.2, -0.15) is 13.2 Å². The maximum atomic E-state index is 13.3. The Morgan fingerprint density at radius 2 is 1.67 bits per heavy atom. The maximum Gasteiger partial charge on any atom is 0.416 e. The Hall–Kier alpha value is -2.38. The lowest BCUT2D eigenvalue weighted by Gasteiger charge is -2.39. The van der Waals surface area contributed by atoms with Gasteiger partial charge in [-0.05, 0) is 80.5 Å². The van der Waals surface area contributed by atoms with Crippen molar-refractivity contribution in [1.82, 2.24) is 9.80 Å². The molecule has 4 rings (SSSR count). The average Bonchev–Trinajstić information content (AvgIpc) is 3.27. The van der Waals surface area contributed by atoms with Crippen molar-refractivity contribution in [2.75, 3.05) is 26.2 Å². The van der Waals surface area contributed by atoms with Gasteiger partial charge in [0.1, 0.15) is 0 Å². The minimum atomic E-state index is -4.39. The fourth-order valence-corrected chi connectivity index (χ4v) is 5.44. The van der Waals surface area contributed by atoms with Crippen LogP contribution in [0.25, 0.3) is 11.1 Å². The molecule has 0 aromatic heterocycles. The van der Waals surface area contributed by atoms with Crippen LogP contribution in [-0.2, 0) is 6.18 Å². The molecule has 2 heterocycles. The molecule has 1 N–H and O–H groups in total. The lowest BCUT2D eigenvalue weighted by molar-refractivity contribution is -0.137. The van der Waals surface area contributed by atoms with E-state index in [4.69, 9.17) is 0 Å². The largest absolute Gasteiger partial charge is 0.416 e. The van der Waals surface area contributed by atoms with Crippen molar-refractivity contribution < 1.29 is 23.1 Å². The summed E-state index contributed by atoms with van der Waals surface area (Å²) in [5, 5.41) is 9.61. The number of likely N-dealkylation sites (tertiary alicyclic amines) is 2. The zero-order chi connectivity index (χ0) is 23.8. The Morgan fingerprint density at radius 1 is 1.00 bits per heavy atom. The van der Waals surface area contributed by atoms with E-state index in [1.807, 2.05) is 18.7 Å². The van der Waals surface area contributed by atoms with Crippen LogP contribution in [0.4, 0.5) is 13.2 Å². The molecule has 2 fully saturated rings. The van der Waals surface area contributed by atoms with E-state index in [-0.39, 0.29) is 18.6 Å². The second-order valence-corrected chi connectivity index (χ2v) is 9.30. The van der Waals surface area contributed by atoms with Crippen LogP contribution in [0.2, 0.25) is 0 Å². The maximum absolute atomic E-state index is 13.3. The molecule has 2 aliphatic rings. The minimum Gasteiger partial charge on any atom is -0.395 e. The highest BCUT2D eigenvalue weighted by Crippen LogP contribution is 2.34. The summed E-state index contributed by atoms with van der Waals surface area (Å²) in [5.74, 6) is -0.0147. The summed E-state index contributed by atoms with van der Waals surface area (Å²) in [5.41, 5.74) is 2.66. The van der Waals surface area contributed by atoms with Crippen LogP contribution in [0.5, 0.6) is 0 Å². The summed E-state index contributed by atoms with van der Waals surface area (Å²) in [4.78, 5) is 17.6. The summed E-state index contributed by atoms with van der Waals surface area (Å²) in [6, 6.07) is 9.54. The number of alkyl halides is 3. The molecular formula is C26H31F3N2O2. The third-order valence-corrected chi connectivity index (χ3v) is 7.12. The van der Waals surface area contributed by atoms with Crippen LogP contribution in [-0.4, -0.2) is 59.1 Å². The molecule has 1 atom stereocenters. The summed E-state index contributed by atoms with van der Waals surface area (Å²) >= 11 is 0. The van der Waals surface area contributed by atoms with E-state index in [9.17, 15) is 23.1 Å². The van der Waals surface area contributed by atoms with Gasteiger partial charge < -0.3 is 10.0 Å². The number of rotatable bonds is 4. The van der Waals surface area contributed by atoms with Gasteiger partial charge in [0.25, 0.3) is 5.91 Å². The number of hydrogen-bond acceptors (Lipinski definition) is 3. The molecule has 2 aromatic rings. The third-order valence-electron chi connectivity index (χ3n) is 7.12. The van der Waals surface area contributed by atoms with Crippen LogP contribution in [0, 0.1) is 13.8 Å². The Labute approximate surface area is 193 Å². The van der Waals surface area contributed by atoms with Crippen molar-refractivity contribution in [2.45, 2.75) is 57.8 Å². The second-order valence-electron chi connectivity index (χ2n) is 9.30. The van der Waals surface area contributed by atoms with Gasteiger partial charge in [0, 0.05) is 30.7 Å². The lowest BCUT2D eigenvalue weighted by Crippen LogP contribution is -2.49. The van der Waals surface area contributed by atoms with E-state index in [1.54, 1.807) is 18.2 Å². The van der Waals surface area contributed by atoms with Gasteiger partial charge in [0.15, 0.2) is 0 Å². The van der Waals surface area contributed by atoms with Crippen LogP contribution < -0.4 is 0 Å². The Morgan fingerprint density at radius 3 is 2.27 bits per heavy atom. The molecule has 178 valence electrons. The smallest absolute Gasteiger partial charge is 0.395 e. The topological polar surface area (TPSA) is 43.8 Å². The van der Waals surface area contributed by atoms with Crippen molar-refractivity contribution in [3.63, 3.8) is 0 Å². The fraction of sp³-hybridized carbons (Fsp3) is 0.500. The second kappa shape index (κ2) is 9.47. The zero-order valence-electron chi connectivity index (χ0n) is 19.2. The number of aliphatic hydroxyl groups excluding tert-OH is 1. The van der Waals surface area contributed by atoms with E-state index in [1.165, 1.54) is 6.07 Å². The molecule has 2 aromatic carbocycles. The highest BCUT2D eigenvalue weighted by atomic mass is 19.4. The number of halogens is 3. The molecule has 0 bridgehead atoms. The molecule has 7 heteroatoms. The molecule has 33 heavy (non-hydrogen) atoms. The molecule has 0 aliphatic carbocycles.